The van der Waals surface area contributed by atoms with Crippen molar-refractivity contribution in [1.82, 2.24) is 5.32 Å². The molecule has 1 aromatic carbocycles. The van der Waals surface area contributed by atoms with Gasteiger partial charge in [-0.1, -0.05) is 23.8 Å². The van der Waals surface area contributed by atoms with Gasteiger partial charge in [0.05, 0.1) is 16.3 Å². The molecule has 0 aliphatic rings. The SMILES string of the molecule is C=C(C)CNC(=O)Nc1ccc(C(=O)O)cc1Cl. The highest BCUT2D eigenvalue weighted by Gasteiger charge is 2.09. The first-order chi connectivity index (χ1) is 8.40. The zero-order valence-corrected chi connectivity index (χ0v) is 10.5. The number of amides is 2. The molecule has 5 nitrogen and oxygen atoms in total. The van der Waals surface area contributed by atoms with Gasteiger partial charge >= 0.3 is 12.0 Å². The van der Waals surface area contributed by atoms with E-state index in [1.807, 2.05) is 0 Å². The van der Waals surface area contributed by atoms with Crippen LogP contribution >= 0.6 is 11.6 Å². The van der Waals surface area contributed by atoms with Gasteiger partial charge in [0, 0.05) is 6.54 Å². The first kappa shape index (κ1) is 14.1. The van der Waals surface area contributed by atoms with Crippen LogP contribution in [-0.4, -0.2) is 23.7 Å². The van der Waals surface area contributed by atoms with E-state index >= 15 is 0 Å². The number of aromatic carboxylic acids is 1. The Bertz CT molecular complexity index is 500. The Morgan fingerprint density at radius 3 is 2.61 bits per heavy atom. The number of urea groups is 1. The summed E-state index contributed by atoms with van der Waals surface area (Å²) in [6, 6.07) is 3.65. The van der Waals surface area contributed by atoms with Crippen molar-refractivity contribution in [2.75, 3.05) is 11.9 Å². The summed E-state index contributed by atoms with van der Waals surface area (Å²) in [7, 11) is 0. The molecular weight excluding hydrogens is 256 g/mol. The van der Waals surface area contributed by atoms with E-state index in [1.165, 1.54) is 18.2 Å². The highest BCUT2D eigenvalue weighted by atomic mass is 35.5. The fraction of sp³-hybridized carbons (Fsp3) is 0.167. The van der Waals surface area contributed by atoms with Crippen LogP contribution in [0.4, 0.5) is 10.5 Å². The van der Waals surface area contributed by atoms with Crippen LogP contribution in [0, 0.1) is 0 Å². The van der Waals surface area contributed by atoms with Crippen LogP contribution in [0.5, 0.6) is 0 Å². The zero-order chi connectivity index (χ0) is 13.7. The number of anilines is 1. The predicted octanol–water partition coefficient (Wildman–Crippen LogP) is 2.74. The molecule has 0 heterocycles. The maximum atomic E-state index is 11.4. The number of hydrogen-bond acceptors (Lipinski definition) is 2. The number of halogens is 1. The van der Waals surface area contributed by atoms with E-state index in [0.29, 0.717) is 12.2 Å². The molecule has 0 saturated heterocycles. The van der Waals surface area contributed by atoms with E-state index in [2.05, 4.69) is 17.2 Å². The molecule has 0 bridgehead atoms. The second-order valence-corrected chi connectivity index (χ2v) is 4.17. The molecule has 6 heteroatoms. The number of hydrogen-bond donors (Lipinski definition) is 3. The summed E-state index contributed by atoms with van der Waals surface area (Å²) in [5.74, 6) is -1.07. The molecule has 0 atom stereocenters. The molecule has 0 spiro atoms. The zero-order valence-electron chi connectivity index (χ0n) is 9.79. The van der Waals surface area contributed by atoms with Crippen LogP contribution in [0.3, 0.4) is 0 Å². The van der Waals surface area contributed by atoms with Crippen LogP contribution in [0.1, 0.15) is 17.3 Å². The number of nitrogens with one attached hydrogen (secondary N) is 2. The topological polar surface area (TPSA) is 78.4 Å². The van der Waals surface area contributed by atoms with Gasteiger partial charge in [-0.15, -0.1) is 0 Å². The summed E-state index contributed by atoms with van der Waals surface area (Å²) in [6.45, 7) is 5.79. The standard InChI is InChI=1S/C12H13ClN2O3/c1-7(2)6-14-12(18)15-10-4-3-8(11(16)17)5-9(10)13/h3-5H,1,6H2,2H3,(H,16,17)(H2,14,15,18). The number of carbonyl (C=O) groups excluding carboxylic acids is 1. The van der Waals surface area contributed by atoms with Crippen LogP contribution in [-0.2, 0) is 0 Å². The number of carbonyl (C=O) groups is 2. The molecule has 0 aliphatic carbocycles. The molecule has 0 aromatic heterocycles. The lowest BCUT2D eigenvalue weighted by molar-refractivity contribution is 0.0697. The van der Waals surface area contributed by atoms with Gasteiger partial charge in [0.2, 0.25) is 0 Å². The lowest BCUT2D eigenvalue weighted by Gasteiger charge is -2.09. The van der Waals surface area contributed by atoms with Gasteiger partial charge in [-0.05, 0) is 25.1 Å². The van der Waals surface area contributed by atoms with Crippen molar-refractivity contribution < 1.29 is 14.7 Å². The summed E-state index contributed by atoms with van der Waals surface area (Å²) in [5.41, 5.74) is 1.23. The third-order valence-electron chi connectivity index (χ3n) is 2.01. The van der Waals surface area contributed by atoms with Gasteiger partial charge in [-0.3, -0.25) is 0 Å². The fourth-order valence-electron chi connectivity index (χ4n) is 1.15. The Morgan fingerprint density at radius 2 is 2.11 bits per heavy atom. The molecule has 0 fully saturated rings. The molecule has 0 saturated carbocycles. The minimum Gasteiger partial charge on any atom is -0.478 e. The van der Waals surface area contributed by atoms with Crippen LogP contribution < -0.4 is 10.6 Å². The smallest absolute Gasteiger partial charge is 0.335 e. The molecule has 0 radical (unpaired) electrons. The third kappa shape index (κ3) is 4.10. The lowest BCUT2D eigenvalue weighted by atomic mass is 10.2. The molecule has 2 amide bonds. The van der Waals surface area contributed by atoms with Crippen molar-refractivity contribution in [1.29, 1.82) is 0 Å². The molecule has 18 heavy (non-hydrogen) atoms. The van der Waals surface area contributed by atoms with E-state index in [4.69, 9.17) is 16.7 Å². The Labute approximate surface area is 109 Å². The first-order valence-electron chi connectivity index (χ1n) is 5.12. The Kier molecular flexibility index (Phi) is 4.74. The van der Waals surface area contributed by atoms with Crippen LogP contribution in [0.25, 0.3) is 0 Å². The monoisotopic (exact) mass is 268 g/mol. The molecule has 0 aliphatic heterocycles. The summed E-state index contributed by atoms with van der Waals surface area (Å²) >= 11 is 5.86. The van der Waals surface area contributed by atoms with Gasteiger partial charge in [-0.25, -0.2) is 9.59 Å². The molecule has 3 N–H and O–H groups in total. The van der Waals surface area contributed by atoms with Gasteiger partial charge < -0.3 is 15.7 Å². The normalized spacial score (nSPS) is 9.67. The second kappa shape index (κ2) is 6.07. The molecule has 96 valence electrons. The van der Waals surface area contributed by atoms with Crippen molar-refractivity contribution in [3.05, 3.63) is 40.9 Å². The third-order valence-corrected chi connectivity index (χ3v) is 2.33. The van der Waals surface area contributed by atoms with Crippen LogP contribution in [0.2, 0.25) is 5.02 Å². The minimum absolute atomic E-state index is 0.0629. The second-order valence-electron chi connectivity index (χ2n) is 3.76. The van der Waals surface area contributed by atoms with Gasteiger partial charge in [0.25, 0.3) is 0 Å². The van der Waals surface area contributed by atoms with E-state index in [1.54, 1.807) is 6.92 Å². The Hall–Kier alpha value is -2.01. The largest absolute Gasteiger partial charge is 0.478 e. The van der Waals surface area contributed by atoms with Gasteiger partial charge in [0.1, 0.15) is 0 Å². The van der Waals surface area contributed by atoms with E-state index in [0.717, 1.165) is 5.57 Å². The summed E-state index contributed by atoms with van der Waals surface area (Å²) in [5, 5.41) is 14.0. The molecular formula is C12H13ClN2O3. The minimum atomic E-state index is -1.07. The summed E-state index contributed by atoms with van der Waals surface area (Å²) in [4.78, 5) is 22.1. The average Bonchev–Trinajstić information content (AvgIpc) is 2.29. The highest BCUT2D eigenvalue weighted by Crippen LogP contribution is 2.22. The van der Waals surface area contributed by atoms with Crippen molar-refractivity contribution >= 4 is 29.3 Å². The number of carboxylic acid groups (broad SMARTS) is 1. The van der Waals surface area contributed by atoms with Crippen LogP contribution in [0.15, 0.2) is 30.4 Å². The quantitative estimate of drug-likeness (QED) is 0.735. The summed E-state index contributed by atoms with van der Waals surface area (Å²) in [6.07, 6.45) is 0. The van der Waals surface area contributed by atoms with E-state index in [-0.39, 0.29) is 10.6 Å². The fourth-order valence-corrected chi connectivity index (χ4v) is 1.37. The molecule has 1 aromatic rings. The predicted molar refractivity (Wildman–Crippen MR) is 70.2 cm³/mol. The number of carboxylic acids is 1. The van der Waals surface area contributed by atoms with Gasteiger partial charge in [-0.2, -0.15) is 0 Å². The van der Waals surface area contributed by atoms with Crippen molar-refractivity contribution in [2.24, 2.45) is 0 Å². The Balaban J connectivity index is 2.70. The number of rotatable bonds is 4. The maximum absolute atomic E-state index is 11.4. The number of benzene rings is 1. The first-order valence-corrected chi connectivity index (χ1v) is 5.50. The van der Waals surface area contributed by atoms with Gasteiger partial charge in [0.15, 0.2) is 0 Å². The molecule has 1 rings (SSSR count). The average molecular weight is 269 g/mol. The van der Waals surface area contributed by atoms with E-state index in [9.17, 15) is 9.59 Å². The highest BCUT2D eigenvalue weighted by molar-refractivity contribution is 6.34. The Morgan fingerprint density at radius 1 is 1.44 bits per heavy atom. The van der Waals surface area contributed by atoms with Crippen molar-refractivity contribution in [3.8, 4) is 0 Å². The summed E-state index contributed by atoms with van der Waals surface area (Å²) < 4.78 is 0. The molecule has 0 unspecified atom stereocenters. The van der Waals surface area contributed by atoms with Crippen molar-refractivity contribution in [3.63, 3.8) is 0 Å². The van der Waals surface area contributed by atoms with Crippen molar-refractivity contribution in [2.45, 2.75) is 6.92 Å². The maximum Gasteiger partial charge on any atom is 0.335 e. The lowest BCUT2D eigenvalue weighted by Crippen LogP contribution is -2.29. The van der Waals surface area contributed by atoms with E-state index < -0.39 is 12.0 Å².